The van der Waals surface area contributed by atoms with E-state index in [4.69, 9.17) is 22.1 Å². The fraction of sp³-hybridized carbons (Fsp3) is 0.143. The Bertz CT molecular complexity index is 590. The van der Waals surface area contributed by atoms with E-state index in [1.54, 1.807) is 6.07 Å². The average molecular weight is 284 g/mol. The molecule has 0 aliphatic carbocycles. The number of hydrogen-bond acceptors (Lipinski definition) is 2. The minimum Gasteiger partial charge on any atom is -0.453 e. The zero-order valence-corrected chi connectivity index (χ0v) is 10.8. The van der Waals surface area contributed by atoms with Gasteiger partial charge in [-0.25, -0.2) is 8.78 Å². The number of ether oxygens (including phenoxy) is 1. The SMILES string of the molecule is NCCc1ccc(Oc2ccc(F)cc2Cl)c(F)c1. The Kier molecular flexibility index (Phi) is 4.35. The van der Waals surface area contributed by atoms with Crippen LogP contribution in [0.1, 0.15) is 5.56 Å². The summed E-state index contributed by atoms with van der Waals surface area (Å²) in [5, 5.41) is 0.0884. The van der Waals surface area contributed by atoms with E-state index in [-0.39, 0.29) is 16.5 Å². The minimum absolute atomic E-state index is 0.0364. The fourth-order valence-electron chi connectivity index (χ4n) is 1.63. The molecule has 2 N–H and O–H groups in total. The molecule has 0 atom stereocenters. The van der Waals surface area contributed by atoms with Crippen molar-refractivity contribution in [2.24, 2.45) is 5.73 Å². The van der Waals surface area contributed by atoms with Crippen molar-refractivity contribution in [1.82, 2.24) is 0 Å². The first-order chi connectivity index (χ1) is 9.10. The zero-order chi connectivity index (χ0) is 13.8. The summed E-state index contributed by atoms with van der Waals surface area (Å²) in [7, 11) is 0. The van der Waals surface area contributed by atoms with Crippen molar-refractivity contribution in [3.63, 3.8) is 0 Å². The van der Waals surface area contributed by atoms with Crippen molar-refractivity contribution in [3.8, 4) is 11.5 Å². The van der Waals surface area contributed by atoms with Crippen molar-refractivity contribution in [2.75, 3.05) is 6.54 Å². The van der Waals surface area contributed by atoms with Gasteiger partial charge in [0, 0.05) is 0 Å². The van der Waals surface area contributed by atoms with Crippen molar-refractivity contribution in [2.45, 2.75) is 6.42 Å². The number of halogens is 3. The zero-order valence-electron chi connectivity index (χ0n) is 10.00. The highest BCUT2D eigenvalue weighted by Gasteiger charge is 2.09. The average Bonchev–Trinajstić information content (AvgIpc) is 2.36. The molecule has 0 unspecified atom stereocenters. The van der Waals surface area contributed by atoms with Gasteiger partial charge in [-0.1, -0.05) is 17.7 Å². The summed E-state index contributed by atoms with van der Waals surface area (Å²) in [5.41, 5.74) is 6.19. The Morgan fingerprint density at radius 2 is 1.79 bits per heavy atom. The van der Waals surface area contributed by atoms with Crippen LogP contribution in [0.2, 0.25) is 5.02 Å². The smallest absolute Gasteiger partial charge is 0.165 e. The van der Waals surface area contributed by atoms with E-state index in [0.717, 1.165) is 11.6 Å². The summed E-state index contributed by atoms with van der Waals surface area (Å²) in [6.07, 6.45) is 0.592. The van der Waals surface area contributed by atoms with Gasteiger partial charge >= 0.3 is 0 Å². The lowest BCUT2D eigenvalue weighted by molar-refractivity contribution is 0.441. The van der Waals surface area contributed by atoms with Gasteiger partial charge < -0.3 is 10.5 Å². The molecule has 0 saturated carbocycles. The number of hydrogen-bond donors (Lipinski definition) is 1. The Morgan fingerprint density at radius 3 is 2.42 bits per heavy atom. The third kappa shape index (κ3) is 3.43. The Morgan fingerprint density at radius 1 is 1.05 bits per heavy atom. The van der Waals surface area contributed by atoms with Gasteiger partial charge in [0.2, 0.25) is 0 Å². The molecule has 5 heteroatoms. The molecule has 0 radical (unpaired) electrons. The molecule has 0 aromatic heterocycles. The predicted octanol–water partition coefficient (Wildman–Crippen LogP) is 3.91. The molecule has 2 aromatic carbocycles. The van der Waals surface area contributed by atoms with E-state index in [2.05, 4.69) is 0 Å². The highest BCUT2D eigenvalue weighted by atomic mass is 35.5. The maximum atomic E-state index is 13.8. The summed E-state index contributed by atoms with van der Waals surface area (Å²) in [6, 6.07) is 8.24. The van der Waals surface area contributed by atoms with Crippen molar-refractivity contribution >= 4 is 11.6 Å². The largest absolute Gasteiger partial charge is 0.453 e. The van der Waals surface area contributed by atoms with E-state index < -0.39 is 11.6 Å². The van der Waals surface area contributed by atoms with E-state index in [1.807, 2.05) is 0 Å². The molecule has 0 aliphatic rings. The van der Waals surface area contributed by atoms with Gasteiger partial charge in [0.15, 0.2) is 11.6 Å². The molecule has 19 heavy (non-hydrogen) atoms. The summed E-state index contributed by atoms with van der Waals surface area (Å²) in [6.45, 7) is 0.448. The van der Waals surface area contributed by atoms with Gasteiger partial charge in [-0.15, -0.1) is 0 Å². The van der Waals surface area contributed by atoms with Crippen LogP contribution in [0.5, 0.6) is 11.5 Å². The molecule has 0 bridgehead atoms. The lowest BCUT2D eigenvalue weighted by Gasteiger charge is -2.09. The predicted molar refractivity (Wildman–Crippen MR) is 70.6 cm³/mol. The number of benzene rings is 2. The highest BCUT2D eigenvalue weighted by Crippen LogP contribution is 2.31. The second kappa shape index (κ2) is 5.99. The standard InChI is InChI=1S/C14H12ClF2NO/c15-11-8-10(16)2-4-13(11)19-14-3-1-9(5-6-18)7-12(14)17/h1-4,7-8H,5-6,18H2. The minimum atomic E-state index is -0.508. The first-order valence-electron chi connectivity index (χ1n) is 5.71. The third-order valence-corrected chi connectivity index (χ3v) is 2.84. The fourth-order valence-corrected chi connectivity index (χ4v) is 1.83. The van der Waals surface area contributed by atoms with Gasteiger partial charge in [-0.2, -0.15) is 0 Å². The maximum absolute atomic E-state index is 13.8. The molecule has 2 nitrogen and oxygen atoms in total. The number of rotatable bonds is 4. The van der Waals surface area contributed by atoms with Crippen LogP contribution < -0.4 is 10.5 Å². The topological polar surface area (TPSA) is 35.2 Å². The third-order valence-electron chi connectivity index (χ3n) is 2.54. The van der Waals surface area contributed by atoms with E-state index >= 15 is 0 Å². The van der Waals surface area contributed by atoms with E-state index in [1.165, 1.54) is 24.3 Å². The monoisotopic (exact) mass is 283 g/mol. The Hall–Kier alpha value is -1.65. The van der Waals surface area contributed by atoms with Gasteiger partial charge in [0.1, 0.15) is 11.6 Å². The van der Waals surface area contributed by atoms with Crippen LogP contribution in [0.3, 0.4) is 0 Å². The molecule has 0 saturated heterocycles. The molecule has 0 amide bonds. The molecular formula is C14H12ClF2NO. The Labute approximate surface area is 114 Å². The second-order valence-electron chi connectivity index (χ2n) is 3.98. The van der Waals surface area contributed by atoms with Crippen LogP contribution in [0.4, 0.5) is 8.78 Å². The first kappa shape index (κ1) is 13.8. The van der Waals surface area contributed by atoms with Crippen LogP contribution in [0.25, 0.3) is 0 Å². The van der Waals surface area contributed by atoms with Crippen LogP contribution >= 0.6 is 11.6 Å². The quantitative estimate of drug-likeness (QED) is 0.923. The van der Waals surface area contributed by atoms with Crippen LogP contribution in [0.15, 0.2) is 36.4 Å². The highest BCUT2D eigenvalue weighted by molar-refractivity contribution is 6.32. The van der Waals surface area contributed by atoms with E-state index in [0.29, 0.717) is 13.0 Å². The van der Waals surface area contributed by atoms with Gasteiger partial charge in [0.25, 0.3) is 0 Å². The maximum Gasteiger partial charge on any atom is 0.165 e. The second-order valence-corrected chi connectivity index (χ2v) is 4.39. The van der Waals surface area contributed by atoms with Crippen molar-refractivity contribution < 1.29 is 13.5 Å². The van der Waals surface area contributed by atoms with Gasteiger partial charge in [-0.05, 0) is 48.9 Å². The van der Waals surface area contributed by atoms with Crippen LogP contribution in [-0.4, -0.2) is 6.54 Å². The molecule has 0 heterocycles. The number of nitrogens with two attached hydrogens (primary N) is 1. The molecule has 0 fully saturated rings. The van der Waals surface area contributed by atoms with Crippen LogP contribution in [-0.2, 0) is 6.42 Å². The lowest BCUT2D eigenvalue weighted by atomic mass is 10.1. The first-order valence-corrected chi connectivity index (χ1v) is 6.09. The lowest BCUT2D eigenvalue weighted by Crippen LogP contribution is -2.03. The summed E-state index contributed by atoms with van der Waals surface area (Å²) < 4.78 is 32.0. The molecule has 0 spiro atoms. The summed E-state index contributed by atoms with van der Waals surface area (Å²) in [5.74, 6) is -0.745. The molecule has 2 rings (SSSR count). The molecule has 2 aromatic rings. The molecule has 0 aliphatic heterocycles. The summed E-state index contributed by atoms with van der Waals surface area (Å²) >= 11 is 5.81. The molecular weight excluding hydrogens is 272 g/mol. The van der Waals surface area contributed by atoms with Crippen molar-refractivity contribution in [3.05, 3.63) is 58.6 Å². The molecule has 100 valence electrons. The van der Waals surface area contributed by atoms with Gasteiger partial charge in [-0.3, -0.25) is 0 Å². The summed E-state index contributed by atoms with van der Waals surface area (Å²) in [4.78, 5) is 0. The van der Waals surface area contributed by atoms with Crippen molar-refractivity contribution in [1.29, 1.82) is 0 Å². The Balaban J connectivity index is 2.23. The van der Waals surface area contributed by atoms with E-state index in [9.17, 15) is 8.78 Å². The van der Waals surface area contributed by atoms with Gasteiger partial charge in [0.05, 0.1) is 5.02 Å². The van der Waals surface area contributed by atoms with Crippen LogP contribution in [0, 0.1) is 11.6 Å². The normalized spacial score (nSPS) is 10.5.